The van der Waals surface area contributed by atoms with Crippen molar-refractivity contribution in [2.75, 3.05) is 64.1 Å². The average molecular weight is 1020 g/mol. The Kier molecular flexibility index (Phi) is 17.6. The minimum Gasteiger partial charge on any atom is -0.543 e. The van der Waals surface area contributed by atoms with E-state index in [1.165, 1.54) is 6.07 Å². The van der Waals surface area contributed by atoms with Crippen molar-refractivity contribution in [3.05, 3.63) is 41.5 Å². The molecule has 0 unspecified atom stereocenters. The zero-order valence-corrected chi connectivity index (χ0v) is 47.3. The lowest BCUT2D eigenvalue weighted by molar-refractivity contribution is -0.0721. The molecule has 392 valence electrons. The Bertz CT molecular complexity index is 2540. The maximum Gasteiger partial charge on any atom is 0.319 e. The molecule has 0 saturated carbocycles. The number of likely N-dealkylation sites (tertiary alicyclic amines) is 1. The number of aromatic nitrogens is 3. The first kappa shape index (κ1) is 56.3. The van der Waals surface area contributed by atoms with E-state index in [0.717, 1.165) is 0 Å². The van der Waals surface area contributed by atoms with Crippen LogP contribution in [0.5, 0.6) is 17.6 Å². The van der Waals surface area contributed by atoms with Gasteiger partial charge in [0.15, 0.2) is 5.82 Å². The summed E-state index contributed by atoms with van der Waals surface area (Å²) >= 11 is 0. The van der Waals surface area contributed by atoms with Gasteiger partial charge in [0.2, 0.25) is 12.3 Å². The van der Waals surface area contributed by atoms with Gasteiger partial charge in [-0.05, 0) is 90.2 Å². The molecule has 6 rings (SSSR count). The Morgan fingerprint density at radius 3 is 2.06 bits per heavy atom. The number of hydrogen-bond acceptors (Lipinski definition) is 10. The number of β-amino-alcohol motifs (C(OH)–C–C–N with tert-alkyl or cyclic N) is 1. The molecule has 2 aromatic carbocycles. The SMILES string of the molecule is CCOc1nc(-c2cc(O[Si](C(C)C)(C(C)C)C(C)C)cc3ccc(F)c(C#C[Si](C(C)C)(C(C)C)C(C)C)c23)c(F)c2nc(OC[C@]3(C)CN(CC)CC[C@@H]3C(F)F)nc(N3CCOC[C@@](C)(O)C3)c12. The van der Waals surface area contributed by atoms with Crippen LogP contribution in [-0.4, -0.2) is 113 Å². The number of rotatable bonds is 17. The predicted octanol–water partition coefficient (Wildman–Crippen LogP) is 13.2. The van der Waals surface area contributed by atoms with E-state index in [2.05, 4.69) is 99.4 Å². The lowest BCUT2D eigenvalue weighted by Crippen LogP contribution is -2.52. The van der Waals surface area contributed by atoms with E-state index >= 15 is 8.78 Å². The highest BCUT2D eigenvalue weighted by Gasteiger charge is 2.48. The van der Waals surface area contributed by atoms with Gasteiger partial charge in [0, 0.05) is 35.4 Å². The van der Waals surface area contributed by atoms with Crippen molar-refractivity contribution in [2.45, 2.75) is 162 Å². The van der Waals surface area contributed by atoms with Crippen molar-refractivity contribution in [1.82, 2.24) is 19.9 Å². The van der Waals surface area contributed by atoms with Gasteiger partial charge in [-0.25, -0.2) is 22.5 Å². The average Bonchev–Trinajstić information content (AvgIpc) is 3.47. The highest BCUT2D eigenvalue weighted by molar-refractivity contribution is 6.90. The van der Waals surface area contributed by atoms with E-state index in [0.29, 0.717) is 36.2 Å². The van der Waals surface area contributed by atoms with Crippen LogP contribution in [0.4, 0.5) is 23.4 Å². The predicted molar refractivity (Wildman–Crippen MR) is 284 cm³/mol. The van der Waals surface area contributed by atoms with Crippen LogP contribution in [0.2, 0.25) is 33.2 Å². The zero-order valence-electron chi connectivity index (χ0n) is 45.3. The van der Waals surface area contributed by atoms with Gasteiger partial charge in [0.05, 0.1) is 38.5 Å². The molecule has 3 atom stereocenters. The molecule has 0 bridgehead atoms. The van der Waals surface area contributed by atoms with Gasteiger partial charge < -0.3 is 33.5 Å². The molecular formula is C55H81F4N5O5Si2. The molecule has 2 aromatic heterocycles. The number of anilines is 1. The van der Waals surface area contributed by atoms with Gasteiger partial charge in [-0.15, -0.1) is 5.54 Å². The van der Waals surface area contributed by atoms with Crippen molar-refractivity contribution < 1.29 is 41.3 Å². The Labute approximate surface area is 423 Å². The minimum atomic E-state index is -2.62. The fourth-order valence-electron chi connectivity index (χ4n) is 12.4. The molecule has 1 N–H and O–H groups in total. The topological polar surface area (TPSA) is 102 Å². The number of hydrogen-bond donors (Lipinski definition) is 1. The first-order valence-electron chi connectivity index (χ1n) is 26.0. The van der Waals surface area contributed by atoms with Crippen molar-refractivity contribution in [2.24, 2.45) is 11.3 Å². The summed E-state index contributed by atoms with van der Waals surface area (Å²) in [5, 5.41) is 12.5. The number of aliphatic hydroxyl groups is 1. The summed E-state index contributed by atoms with van der Waals surface area (Å²) in [6.07, 6.45) is -2.30. The van der Waals surface area contributed by atoms with E-state index in [1.54, 1.807) is 37.8 Å². The summed E-state index contributed by atoms with van der Waals surface area (Å²) in [6.45, 7) is 35.7. The maximum atomic E-state index is 18.6. The van der Waals surface area contributed by atoms with Crippen molar-refractivity contribution in [3.63, 3.8) is 0 Å². The number of benzene rings is 2. The third-order valence-electron chi connectivity index (χ3n) is 15.8. The van der Waals surface area contributed by atoms with E-state index in [-0.39, 0.29) is 125 Å². The summed E-state index contributed by atoms with van der Waals surface area (Å²) in [7, 11) is -5.03. The number of piperidine rings is 1. The Morgan fingerprint density at radius 2 is 1.48 bits per heavy atom. The molecule has 0 amide bonds. The molecule has 2 fully saturated rings. The van der Waals surface area contributed by atoms with Gasteiger partial charge in [-0.2, -0.15) is 9.97 Å². The van der Waals surface area contributed by atoms with Gasteiger partial charge >= 0.3 is 6.01 Å². The quantitative estimate of drug-likeness (QED) is 0.0625. The largest absolute Gasteiger partial charge is 0.543 e. The van der Waals surface area contributed by atoms with Gasteiger partial charge in [-0.1, -0.05) is 109 Å². The number of alkyl halides is 2. The standard InChI is InChI=1S/C55H81F4N5O5Si2/c1-17-63-23-21-43(50(58)59)54(15,29-63)31-68-53-61-49-46(51(62-53)64-24-25-66-32-55(16,65)30-64)52(67-18-2)60-48(47(49)57)42-28-40(69-71(36(9)10,37(11)12)38(13)14)27-39-19-20-44(56)41(45(39)42)22-26-70(33(3)4,34(5)6)35(7)8/h19-20,27-28,33-38,43,50,65H,17-18,21,23-25,29-32H2,1-16H3/t43-,54+,55+/m1/s1. The minimum absolute atomic E-state index is 0.00507. The van der Waals surface area contributed by atoms with Gasteiger partial charge in [-0.3, -0.25) is 0 Å². The molecule has 2 aliphatic heterocycles. The molecule has 4 aromatic rings. The highest BCUT2D eigenvalue weighted by atomic mass is 28.4. The Morgan fingerprint density at radius 1 is 0.831 bits per heavy atom. The van der Waals surface area contributed by atoms with Crippen molar-refractivity contribution in [1.29, 1.82) is 0 Å². The molecule has 2 aliphatic rings. The van der Waals surface area contributed by atoms with Crippen molar-refractivity contribution in [3.8, 4) is 40.4 Å². The van der Waals surface area contributed by atoms with Crippen LogP contribution >= 0.6 is 0 Å². The van der Waals surface area contributed by atoms with Gasteiger partial charge in [0.25, 0.3) is 8.32 Å². The molecule has 0 aliphatic carbocycles. The fourth-order valence-corrected chi connectivity index (χ4v) is 22.8. The van der Waals surface area contributed by atoms with E-state index in [4.69, 9.17) is 33.6 Å². The molecule has 71 heavy (non-hydrogen) atoms. The molecule has 4 heterocycles. The van der Waals surface area contributed by atoms with E-state index in [9.17, 15) is 13.9 Å². The molecule has 16 heteroatoms. The first-order valence-corrected chi connectivity index (χ1v) is 30.4. The zero-order chi connectivity index (χ0) is 52.5. The molecule has 10 nitrogen and oxygen atoms in total. The number of ether oxygens (including phenoxy) is 3. The summed E-state index contributed by atoms with van der Waals surface area (Å²) in [6, 6.07) is 6.55. The van der Waals surface area contributed by atoms with Crippen LogP contribution in [0.1, 0.15) is 123 Å². The van der Waals surface area contributed by atoms with Crippen LogP contribution < -0.4 is 18.8 Å². The molecule has 0 spiro atoms. The molecule has 2 saturated heterocycles. The second kappa shape index (κ2) is 22.2. The Hall–Kier alpha value is -4.02. The summed E-state index contributed by atoms with van der Waals surface area (Å²) < 4.78 is 90.8. The smallest absolute Gasteiger partial charge is 0.319 e. The molecule has 0 radical (unpaired) electrons. The first-order chi connectivity index (χ1) is 33.3. The number of nitrogens with zero attached hydrogens (tertiary/aromatic N) is 5. The van der Waals surface area contributed by atoms with Crippen LogP contribution in [0.15, 0.2) is 24.3 Å². The normalized spacial score (nSPS) is 20.8. The second-order valence-corrected chi connectivity index (χ2v) is 33.6. The summed E-state index contributed by atoms with van der Waals surface area (Å²) in [4.78, 5) is 18.5. The third-order valence-corrected chi connectivity index (χ3v) is 28.1. The lowest BCUT2D eigenvalue weighted by Gasteiger charge is -2.45. The van der Waals surface area contributed by atoms with Crippen LogP contribution in [0, 0.1) is 34.4 Å². The number of pyridine rings is 1. The van der Waals surface area contributed by atoms with Gasteiger partial charge in [0.1, 0.15) is 47.7 Å². The summed E-state index contributed by atoms with van der Waals surface area (Å²) in [5.74, 6) is 1.71. The van der Waals surface area contributed by atoms with Crippen LogP contribution in [0.25, 0.3) is 32.9 Å². The second-order valence-electron chi connectivity index (χ2n) is 22.6. The number of fused-ring (bicyclic) bond motifs is 2. The molecular weight excluding hydrogens is 943 g/mol. The Balaban J connectivity index is 1.73. The van der Waals surface area contributed by atoms with Crippen molar-refractivity contribution >= 4 is 43.9 Å². The van der Waals surface area contributed by atoms with E-state index in [1.807, 2.05) is 13.0 Å². The fraction of sp³-hybridized carbons (Fsp3) is 0.655. The lowest BCUT2D eigenvalue weighted by atomic mass is 9.73. The monoisotopic (exact) mass is 1020 g/mol. The van der Waals surface area contributed by atoms with Crippen LogP contribution in [-0.2, 0) is 4.74 Å². The van der Waals surface area contributed by atoms with Crippen LogP contribution in [0.3, 0.4) is 0 Å². The number of halogens is 4. The van der Waals surface area contributed by atoms with E-state index < -0.39 is 51.4 Å². The highest BCUT2D eigenvalue weighted by Crippen LogP contribution is 2.48. The summed E-state index contributed by atoms with van der Waals surface area (Å²) in [5.41, 5.74) is 2.78. The maximum absolute atomic E-state index is 18.6. The third kappa shape index (κ3) is 11.1.